The van der Waals surface area contributed by atoms with Gasteiger partial charge in [0.15, 0.2) is 5.11 Å². The second-order valence-corrected chi connectivity index (χ2v) is 5.80. The number of nitrogens with one attached hydrogen (secondary N) is 2. The van der Waals surface area contributed by atoms with Gasteiger partial charge in [0.25, 0.3) is 5.69 Å². The molecule has 0 bridgehead atoms. The summed E-state index contributed by atoms with van der Waals surface area (Å²) in [5.74, 6) is -0.388. The topological polar surface area (TPSA) is 84.3 Å². The van der Waals surface area contributed by atoms with E-state index in [1.807, 2.05) is 31.2 Å². The molecule has 0 atom stereocenters. The van der Waals surface area contributed by atoms with Crippen LogP contribution in [0.5, 0.6) is 0 Å². The molecule has 2 rings (SSSR count). The van der Waals surface area contributed by atoms with Gasteiger partial charge in [0, 0.05) is 12.1 Å². The van der Waals surface area contributed by atoms with Crippen molar-refractivity contribution < 1.29 is 9.72 Å². The minimum absolute atomic E-state index is 0.0154. The van der Waals surface area contributed by atoms with Crippen LogP contribution in [0, 0.1) is 24.0 Å². The number of nitro benzene ring substituents is 1. The number of carbonyl (C=O) groups is 1. The molecule has 0 aliphatic rings. The van der Waals surface area contributed by atoms with Crippen LogP contribution in [-0.4, -0.2) is 15.9 Å². The van der Waals surface area contributed by atoms with Crippen molar-refractivity contribution in [3.63, 3.8) is 0 Å². The number of hydrogen-bond acceptors (Lipinski definition) is 4. The summed E-state index contributed by atoms with van der Waals surface area (Å²) in [7, 11) is 0. The summed E-state index contributed by atoms with van der Waals surface area (Å²) in [6, 6.07) is 12.3. The lowest BCUT2D eigenvalue weighted by Gasteiger charge is -2.10. The fraction of sp³-hybridized carbons (Fsp3) is 0.111. The summed E-state index contributed by atoms with van der Waals surface area (Å²) >= 11 is 5.08. The van der Waals surface area contributed by atoms with E-state index in [0.29, 0.717) is 11.3 Å². The van der Waals surface area contributed by atoms with Gasteiger partial charge in [-0.25, -0.2) is 0 Å². The Morgan fingerprint density at radius 2 is 1.84 bits per heavy atom. The molecule has 1 amide bonds. The number of rotatable bonds is 4. The lowest BCUT2D eigenvalue weighted by Crippen LogP contribution is -2.33. The molecule has 0 saturated heterocycles. The first-order valence-corrected chi connectivity index (χ1v) is 7.88. The molecule has 0 aromatic heterocycles. The lowest BCUT2D eigenvalue weighted by molar-refractivity contribution is -0.385. The Kier molecular flexibility index (Phi) is 5.97. The maximum Gasteiger partial charge on any atom is 0.274 e. The molecule has 25 heavy (non-hydrogen) atoms. The van der Waals surface area contributed by atoms with E-state index in [-0.39, 0.29) is 16.7 Å². The van der Waals surface area contributed by atoms with Crippen LogP contribution in [0.4, 0.5) is 11.4 Å². The summed E-state index contributed by atoms with van der Waals surface area (Å²) in [6.45, 7) is 3.60. The Hall–Kier alpha value is -3.06. The predicted molar refractivity (Wildman–Crippen MR) is 102 cm³/mol. The summed E-state index contributed by atoms with van der Waals surface area (Å²) in [5.41, 5.74) is 2.94. The molecule has 0 aliphatic heterocycles. The predicted octanol–water partition coefficient (Wildman–Crippen LogP) is 3.74. The molecule has 0 spiro atoms. The minimum Gasteiger partial charge on any atom is -0.332 e. The van der Waals surface area contributed by atoms with Crippen molar-refractivity contribution >= 4 is 40.7 Å². The van der Waals surface area contributed by atoms with Crippen LogP contribution < -0.4 is 10.6 Å². The van der Waals surface area contributed by atoms with E-state index in [9.17, 15) is 14.9 Å². The molecule has 2 N–H and O–H groups in total. The van der Waals surface area contributed by atoms with Gasteiger partial charge in [-0.05, 0) is 43.8 Å². The highest BCUT2D eigenvalue weighted by Crippen LogP contribution is 2.24. The van der Waals surface area contributed by atoms with E-state index < -0.39 is 4.92 Å². The Morgan fingerprint density at radius 1 is 1.16 bits per heavy atom. The summed E-state index contributed by atoms with van der Waals surface area (Å²) < 4.78 is 0. The zero-order chi connectivity index (χ0) is 18.4. The average molecular weight is 355 g/mol. The van der Waals surface area contributed by atoms with Crippen molar-refractivity contribution in [3.8, 4) is 0 Å². The minimum atomic E-state index is -0.466. The first kappa shape index (κ1) is 18.3. The molecule has 0 aliphatic carbocycles. The van der Waals surface area contributed by atoms with Crippen molar-refractivity contribution in [3.05, 3.63) is 75.3 Å². The molecule has 2 aromatic carbocycles. The Morgan fingerprint density at radius 3 is 2.48 bits per heavy atom. The van der Waals surface area contributed by atoms with Gasteiger partial charge >= 0.3 is 0 Å². The van der Waals surface area contributed by atoms with Crippen molar-refractivity contribution in [1.29, 1.82) is 0 Å². The maximum atomic E-state index is 11.9. The third kappa shape index (κ3) is 5.22. The summed E-state index contributed by atoms with van der Waals surface area (Å²) in [5, 5.41) is 16.3. The normalized spacial score (nSPS) is 10.5. The molecular weight excluding hydrogens is 338 g/mol. The third-order valence-corrected chi connectivity index (χ3v) is 3.70. The van der Waals surface area contributed by atoms with Crippen molar-refractivity contribution in [1.82, 2.24) is 5.32 Å². The second-order valence-electron chi connectivity index (χ2n) is 5.39. The van der Waals surface area contributed by atoms with Crippen LogP contribution in [-0.2, 0) is 4.79 Å². The van der Waals surface area contributed by atoms with Gasteiger partial charge in [0.05, 0.1) is 16.2 Å². The van der Waals surface area contributed by atoms with Crippen molar-refractivity contribution in [2.45, 2.75) is 13.8 Å². The van der Waals surface area contributed by atoms with Gasteiger partial charge in [-0.15, -0.1) is 0 Å². The average Bonchev–Trinajstić information content (AvgIpc) is 2.56. The fourth-order valence-corrected chi connectivity index (χ4v) is 2.32. The number of nitro groups is 1. The summed E-state index contributed by atoms with van der Waals surface area (Å²) in [4.78, 5) is 22.4. The van der Waals surface area contributed by atoms with Crippen LogP contribution in [0.2, 0.25) is 0 Å². The van der Waals surface area contributed by atoms with Crippen LogP contribution in [0.3, 0.4) is 0 Å². The van der Waals surface area contributed by atoms with Crippen molar-refractivity contribution in [2.24, 2.45) is 0 Å². The Labute approximate surface area is 150 Å². The number of thiocarbonyl (C=S) groups is 1. The van der Waals surface area contributed by atoms with Gasteiger partial charge in [0.1, 0.15) is 0 Å². The number of hydrogen-bond donors (Lipinski definition) is 2. The number of benzene rings is 2. The van der Waals surface area contributed by atoms with Gasteiger partial charge < -0.3 is 5.32 Å². The standard InChI is InChI=1S/C18H17N3O3S/c1-12-6-8-14(9-7-12)10-11-17(22)20-18(25)19-15-4-3-5-16(13(15)2)21(23)24/h3-11H,1-2H3,(H2,19,20,22,25). The van der Waals surface area contributed by atoms with E-state index >= 15 is 0 Å². The molecule has 6 nitrogen and oxygen atoms in total. The van der Waals surface area contributed by atoms with Crippen LogP contribution in [0.15, 0.2) is 48.5 Å². The molecule has 0 fully saturated rings. The summed E-state index contributed by atoms with van der Waals surface area (Å²) in [6.07, 6.45) is 3.05. The van der Waals surface area contributed by atoms with Gasteiger partial charge in [0.2, 0.25) is 5.91 Å². The third-order valence-electron chi connectivity index (χ3n) is 3.49. The smallest absolute Gasteiger partial charge is 0.274 e. The monoisotopic (exact) mass is 355 g/mol. The van der Waals surface area contributed by atoms with E-state index in [1.165, 1.54) is 12.1 Å². The number of aryl methyl sites for hydroxylation is 1. The second kappa shape index (κ2) is 8.16. The number of anilines is 1. The molecule has 7 heteroatoms. The highest BCUT2D eigenvalue weighted by Gasteiger charge is 2.14. The molecular formula is C18H17N3O3S. The SMILES string of the molecule is Cc1ccc(C=CC(=O)NC(=S)Nc2cccc([N+](=O)[O-])c2C)cc1. The zero-order valence-corrected chi connectivity index (χ0v) is 14.6. The van der Waals surface area contributed by atoms with E-state index in [2.05, 4.69) is 10.6 Å². The quantitative estimate of drug-likeness (QED) is 0.378. The number of carbonyl (C=O) groups excluding carboxylic acids is 1. The molecule has 0 saturated carbocycles. The maximum absolute atomic E-state index is 11.9. The Balaban J connectivity index is 1.98. The molecule has 128 valence electrons. The van der Waals surface area contributed by atoms with Gasteiger partial charge in [-0.3, -0.25) is 20.2 Å². The Bertz CT molecular complexity index is 845. The van der Waals surface area contributed by atoms with Crippen molar-refractivity contribution in [2.75, 3.05) is 5.32 Å². The van der Waals surface area contributed by atoms with Crippen LogP contribution in [0.25, 0.3) is 6.08 Å². The first-order chi connectivity index (χ1) is 11.9. The molecule has 0 unspecified atom stereocenters. The lowest BCUT2D eigenvalue weighted by atomic mass is 10.1. The first-order valence-electron chi connectivity index (χ1n) is 7.47. The zero-order valence-electron chi connectivity index (χ0n) is 13.8. The molecule has 2 aromatic rings. The largest absolute Gasteiger partial charge is 0.332 e. The van der Waals surface area contributed by atoms with Crippen LogP contribution >= 0.6 is 12.2 Å². The van der Waals surface area contributed by atoms with E-state index in [1.54, 1.807) is 25.1 Å². The highest BCUT2D eigenvalue weighted by molar-refractivity contribution is 7.80. The molecule has 0 radical (unpaired) electrons. The number of nitrogens with zero attached hydrogens (tertiary/aromatic N) is 1. The molecule has 0 heterocycles. The highest BCUT2D eigenvalue weighted by atomic mass is 32.1. The fourth-order valence-electron chi connectivity index (χ4n) is 2.11. The van der Waals surface area contributed by atoms with E-state index in [0.717, 1.165) is 11.1 Å². The van der Waals surface area contributed by atoms with Gasteiger partial charge in [-0.2, -0.15) is 0 Å². The number of amides is 1. The van der Waals surface area contributed by atoms with Crippen LogP contribution in [0.1, 0.15) is 16.7 Å². The van der Waals surface area contributed by atoms with Gasteiger partial charge in [-0.1, -0.05) is 35.9 Å². The van der Waals surface area contributed by atoms with E-state index in [4.69, 9.17) is 12.2 Å².